The molecule has 0 aliphatic carbocycles. The molecule has 12 heteroatoms. The predicted octanol–water partition coefficient (Wildman–Crippen LogP) is 4.94. The van der Waals surface area contributed by atoms with Crippen molar-refractivity contribution in [2.75, 3.05) is 12.9 Å². The largest absolute Gasteiger partial charge is 0.459 e. The maximum Gasteiger partial charge on any atom is 0.338 e. The Labute approximate surface area is 250 Å². The first-order valence-electron chi connectivity index (χ1n) is 12.8. The number of ether oxygens (including phenoxy) is 4. The second-order valence-electron chi connectivity index (χ2n) is 9.03. The van der Waals surface area contributed by atoms with Crippen molar-refractivity contribution >= 4 is 41.9 Å². The van der Waals surface area contributed by atoms with Gasteiger partial charge in [-0.05, 0) is 54.9 Å². The van der Waals surface area contributed by atoms with E-state index in [1.807, 2.05) is 0 Å². The maximum absolute atomic E-state index is 13.2. The van der Waals surface area contributed by atoms with Gasteiger partial charge in [-0.25, -0.2) is 19.4 Å². The predicted molar refractivity (Wildman–Crippen MR) is 155 cm³/mol. The molecule has 214 valence electrons. The molecule has 3 aromatic carbocycles. The van der Waals surface area contributed by atoms with Gasteiger partial charge in [0, 0.05) is 0 Å². The average molecular weight is 604 g/mol. The van der Waals surface area contributed by atoms with Crippen LogP contribution in [-0.2, 0) is 18.9 Å². The Bertz CT molecular complexity index is 1600. The summed E-state index contributed by atoms with van der Waals surface area (Å²) < 4.78 is 25.2. The number of carbonyl (C=O) groups is 3. The van der Waals surface area contributed by atoms with E-state index in [1.54, 1.807) is 97.3 Å². The molecule has 0 unspecified atom stereocenters. The lowest BCUT2D eigenvalue weighted by Crippen LogP contribution is -2.41. The zero-order valence-corrected chi connectivity index (χ0v) is 23.9. The summed E-state index contributed by atoms with van der Waals surface area (Å²) in [6.45, 7) is -0.312. The molecule has 1 aromatic heterocycles. The maximum atomic E-state index is 13.2. The number of hydrogen-bond donors (Lipinski definition) is 0. The molecule has 4 aromatic rings. The van der Waals surface area contributed by atoms with Gasteiger partial charge in [-0.3, -0.25) is 4.57 Å². The highest BCUT2D eigenvalue weighted by Gasteiger charge is 2.51. The number of carbonyl (C=O) groups excluding carboxylic acids is 3. The summed E-state index contributed by atoms with van der Waals surface area (Å²) in [6.07, 6.45) is -1.31. The summed E-state index contributed by atoms with van der Waals surface area (Å²) in [5.74, 6) is -1.95. The van der Waals surface area contributed by atoms with Gasteiger partial charge in [0.1, 0.15) is 19.0 Å². The van der Waals surface area contributed by atoms with E-state index >= 15 is 0 Å². The molecule has 42 heavy (non-hydrogen) atoms. The van der Waals surface area contributed by atoms with E-state index < -0.39 is 42.4 Å². The van der Waals surface area contributed by atoms with Crippen molar-refractivity contribution in [3.63, 3.8) is 0 Å². The van der Waals surface area contributed by atoms with Gasteiger partial charge in [0.15, 0.2) is 23.6 Å². The van der Waals surface area contributed by atoms with Crippen LogP contribution in [0.5, 0.6) is 0 Å². The van der Waals surface area contributed by atoms with Crippen molar-refractivity contribution in [3.05, 3.63) is 119 Å². The molecule has 2 heterocycles. The fourth-order valence-electron chi connectivity index (χ4n) is 4.28. The first kappa shape index (κ1) is 29.1. The minimum atomic E-state index is -1.21. The Morgan fingerprint density at radius 3 is 1.81 bits per heavy atom. The van der Waals surface area contributed by atoms with E-state index in [0.29, 0.717) is 10.7 Å². The van der Waals surface area contributed by atoms with Crippen molar-refractivity contribution in [1.29, 1.82) is 0 Å². The molecular formula is C30H25N3O7S2. The van der Waals surface area contributed by atoms with Gasteiger partial charge in [0.2, 0.25) is 4.77 Å². The van der Waals surface area contributed by atoms with E-state index in [-0.39, 0.29) is 22.5 Å². The van der Waals surface area contributed by atoms with E-state index in [4.69, 9.17) is 31.2 Å². The van der Waals surface area contributed by atoms with Crippen LogP contribution in [0.2, 0.25) is 0 Å². The molecule has 0 bridgehead atoms. The summed E-state index contributed by atoms with van der Waals surface area (Å²) in [4.78, 5) is 47.8. The lowest BCUT2D eigenvalue weighted by Gasteiger charge is -2.25. The van der Waals surface area contributed by atoms with Gasteiger partial charge in [-0.2, -0.15) is 4.98 Å². The summed E-state index contributed by atoms with van der Waals surface area (Å²) in [6, 6.07) is 25.1. The number of benzene rings is 3. The summed E-state index contributed by atoms with van der Waals surface area (Å²) >= 11 is 6.80. The monoisotopic (exact) mass is 603 g/mol. The SMILES string of the molecule is CSc1ncn([C@@H]2O[C@H](COC(=O)c3ccccc3)[C@@H](OC(=O)c3ccccc3)[C@H]2OC(=O)c2ccccc2)c(=S)n1. The van der Waals surface area contributed by atoms with Crippen molar-refractivity contribution in [1.82, 2.24) is 14.5 Å². The van der Waals surface area contributed by atoms with Gasteiger partial charge in [-0.1, -0.05) is 66.4 Å². The fourth-order valence-corrected chi connectivity index (χ4v) is 4.91. The van der Waals surface area contributed by atoms with Crippen LogP contribution in [0, 0.1) is 4.77 Å². The van der Waals surface area contributed by atoms with Crippen LogP contribution < -0.4 is 0 Å². The second kappa shape index (κ2) is 13.5. The highest BCUT2D eigenvalue weighted by molar-refractivity contribution is 7.98. The van der Waals surface area contributed by atoms with E-state index in [0.717, 1.165) is 0 Å². The molecule has 5 rings (SSSR count). The summed E-state index contributed by atoms with van der Waals surface area (Å²) in [5, 5.41) is 0.437. The normalized spacial score (nSPS) is 19.5. The average Bonchev–Trinajstić information content (AvgIpc) is 3.36. The molecule has 0 amide bonds. The molecule has 0 saturated carbocycles. The van der Waals surface area contributed by atoms with Gasteiger partial charge in [-0.15, -0.1) is 0 Å². The Morgan fingerprint density at radius 1 is 0.810 bits per heavy atom. The highest BCUT2D eigenvalue weighted by atomic mass is 32.2. The number of rotatable bonds is 9. The third kappa shape index (κ3) is 6.73. The van der Waals surface area contributed by atoms with Crippen molar-refractivity contribution in [3.8, 4) is 0 Å². The lowest BCUT2D eigenvalue weighted by atomic mass is 10.1. The second-order valence-corrected chi connectivity index (χ2v) is 10.2. The molecule has 1 fully saturated rings. The molecule has 1 saturated heterocycles. The van der Waals surface area contributed by atoms with Crippen LogP contribution in [0.3, 0.4) is 0 Å². The number of esters is 3. The van der Waals surface area contributed by atoms with Gasteiger partial charge >= 0.3 is 17.9 Å². The van der Waals surface area contributed by atoms with E-state index in [2.05, 4.69) is 9.97 Å². The third-order valence-electron chi connectivity index (χ3n) is 6.34. The number of thioether (sulfide) groups is 1. The van der Waals surface area contributed by atoms with Gasteiger partial charge in [0.25, 0.3) is 0 Å². The van der Waals surface area contributed by atoms with Crippen molar-refractivity contribution in [2.45, 2.75) is 29.7 Å². The molecular weight excluding hydrogens is 578 g/mol. The third-order valence-corrected chi connectivity index (χ3v) is 7.20. The fraction of sp³-hybridized carbons (Fsp3) is 0.200. The molecule has 1 aliphatic heterocycles. The van der Waals surface area contributed by atoms with E-state index in [9.17, 15) is 14.4 Å². The van der Waals surface area contributed by atoms with E-state index in [1.165, 1.54) is 22.7 Å². The van der Waals surface area contributed by atoms with Gasteiger partial charge in [0.05, 0.1) is 16.7 Å². The first-order valence-corrected chi connectivity index (χ1v) is 14.5. The van der Waals surface area contributed by atoms with Crippen LogP contribution >= 0.6 is 24.0 Å². The van der Waals surface area contributed by atoms with Crippen LogP contribution in [-0.4, -0.2) is 63.6 Å². The number of hydrogen-bond acceptors (Lipinski definition) is 11. The van der Waals surface area contributed by atoms with Crippen molar-refractivity contribution in [2.24, 2.45) is 0 Å². The Morgan fingerprint density at radius 2 is 1.31 bits per heavy atom. The lowest BCUT2D eigenvalue weighted by molar-refractivity contribution is -0.0638. The van der Waals surface area contributed by atoms with Crippen LogP contribution in [0.15, 0.2) is 102 Å². The molecule has 10 nitrogen and oxygen atoms in total. The zero-order valence-electron chi connectivity index (χ0n) is 22.3. The smallest absolute Gasteiger partial charge is 0.338 e. The quantitative estimate of drug-likeness (QED) is 0.112. The first-order chi connectivity index (χ1) is 20.4. The molecule has 0 N–H and O–H groups in total. The van der Waals surface area contributed by atoms with Crippen molar-refractivity contribution < 1.29 is 33.3 Å². The molecule has 1 aliphatic rings. The highest BCUT2D eigenvalue weighted by Crippen LogP contribution is 2.35. The number of aromatic nitrogens is 3. The summed E-state index contributed by atoms with van der Waals surface area (Å²) in [7, 11) is 0. The molecule has 0 spiro atoms. The van der Waals surface area contributed by atoms with Crippen LogP contribution in [0.4, 0.5) is 0 Å². The summed E-state index contributed by atoms with van der Waals surface area (Å²) in [5.41, 5.74) is 0.888. The topological polar surface area (TPSA) is 119 Å². The minimum absolute atomic E-state index is 0.107. The van der Waals surface area contributed by atoms with Gasteiger partial charge < -0.3 is 18.9 Å². The Hall–Kier alpha value is -4.39. The number of nitrogens with zero attached hydrogens (tertiary/aromatic N) is 3. The van der Waals surface area contributed by atoms with Crippen LogP contribution in [0.1, 0.15) is 37.3 Å². The minimum Gasteiger partial charge on any atom is -0.459 e. The Kier molecular flexibility index (Phi) is 9.37. The Balaban J connectivity index is 1.50. The zero-order chi connectivity index (χ0) is 29.5. The molecule has 0 radical (unpaired) electrons. The van der Waals surface area contributed by atoms with Crippen LogP contribution in [0.25, 0.3) is 0 Å². The molecule has 4 atom stereocenters. The standard InChI is InChI=1S/C30H25N3O7S2/c1-42-29-31-18-33(30(41)32-29)25-24(40-28(36)21-15-9-4-10-16-21)23(39-27(35)20-13-7-3-8-14-20)22(38-25)17-37-26(34)19-11-5-2-6-12-19/h2-16,18,22-25H,17H2,1H3/t22-,23-,24-,25-/m1/s1.